The van der Waals surface area contributed by atoms with E-state index in [2.05, 4.69) is 15.5 Å². The van der Waals surface area contributed by atoms with E-state index in [0.717, 1.165) is 0 Å². The minimum atomic E-state index is -0.555. The lowest BCUT2D eigenvalue weighted by molar-refractivity contribution is -0.125. The summed E-state index contributed by atoms with van der Waals surface area (Å²) in [4.78, 5) is 25.8. The number of nitrogens with one attached hydrogen (secondary N) is 1. The summed E-state index contributed by atoms with van der Waals surface area (Å²) in [5.74, 6) is 0.294. The van der Waals surface area contributed by atoms with Crippen molar-refractivity contribution < 1.29 is 14.3 Å². The lowest BCUT2D eigenvalue weighted by atomic mass is 10.1. The smallest absolute Gasteiger partial charge is 0.267 e. The maximum absolute atomic E-state index is 12.3. The van der Waals surface area contributed by atoms with Gasteiger partial charge in [-0.25, -0.2) is 0 Å². The first-order chi connectivity index (χ1) is 10.6. The van der Waals surface area contributed by atoms with Crippen molar-refractivity contribution in [3.63, 3.8) is 0 Å². The number of carbonyl (C=O) groups is 2. The second-order valence-electron chi connectivity index (χ2n) is 4.76. The Morgan fingerprint density at radius 1 is 1.45 bits per heavy atom. The molecule has 0 spiro atoms. The van der Waals surface area contributed by atoms with Crippen molar-refractivity contribution in [2.75, 3.05) is 16.8 Å². The van der Waals surface area contributed by atoms with Crippen LogP contribution in [0, 0.1) is 0 Å². The minimum absolute atomic E-state index is 0.151. The van der Waals surface area contributed by atoms with E-state index in [9.17, 15) is 9.59 Å². The van der Waals surface area contributed by atoms with Crippen LogP contribution in [-0.2, 0) is 9.59 Å². The zero-order chi connectivity index (χ0) is 15.5. The molecule has 2 aromatic rings. The fourth-order valence-corrected chi connectivity index (χ4v) is 2.67. The standard InChI is InChI=1S/C14H14N4O3S/c1-9-13(20)18(10-4-2-3-5-11(10)21-9)7-6-12(19)16-14-17-15-8-22-14/h2-5,8-9H,6-7H2,1H3,(H,16,17,19)/t9-/m1/s1. The molecule has 114 valence electrons. The molecule has 1 N–H and O–H groups in total. The Morgan fingerprint density at radius 2 is 2.27 bits per heavy atom. The molecule has 1 aromatic heterocycles. The number of aromatic nitrogens is 2. The van der Waals surface area contributed by atoms with Crippen LogP contribution in [0.1, 0.15) is 13.3 Å². The molecule has 3 rings (SSSR count). The number of ether oxygens (including phenoxy) is 1. The van der Waals surface area contributed by atoms with E-state index < -0.39 is 6.10 Å². The monoisotopic (exact) mass is 318 g/mol. The van der Waals surface area contributed by atoms with Crippen LogP contribution in [0.3, 0.4) is 0 Å². The van der Waals surface area contributed by atoms with Crippen LogP contribution in [0.2, 0.25) is 0 Å². The SMILES string of the molecule is C[C@H]1Oc2ccccc2N(CCC(=O)Nc2nncs2)C1=O. The fraction of sp³-hybridized carbons (Fsp3) is 0.286. The van der Waals surface area contributed by atoms with Crippen molar-refractivity contribution in [2.24, 2.45) is 0 Å². The van der Waals surface area contributed by atoms with Crippen molar-refractivity contribution >= 4 is 34.0 Å². The molecule has 0 bridgehead atoms. The highest BCUT2D eigenvalue weighted by atomic mass is 32.1. The van der Waals surface area contributed by atoms with E-state index in [1.165, 1.54) is 11.3 Å². The van der Waals surface area contributed by atoms with Gasteiger partial charge in [0.25, 0.3) is 5.91 Å². The second kappa shape index (κ2) is 6.10. The summed E-state index contributed by atoms with van der Waals surface area (Å²) in [5, 5.41) is 10.5. The van der Waals surface area contributed by atoms with Crippen LogP contribution in [0.5, 0.6) is 5.75 Å². The van der Waals surface area contributed by atoms with Crippen LogP contribution >= 0.6 is 11.3 Å². The number of anilines is 2. The van der Waals surface area contributed by atoms with Gasteiger partial charge in [0.15, 0.2) is 6.10 Å². The average Bonchev–Trinajstić information content (AvgIpc) is 3.00. The summed E-state index contributed by atoms with van der Waals surface area (Å²) < 4.78 is 5.56. The third-order valence-electron chi connectivity index (χ3n) is 3.24. The number of amides is 2. The van der Waals surface area contributed by atoms with Gasteiger partial charge in [-0.1, -0.05) is 23.5 Å². The Kier molecular flexibility index (Phi) is 4.01. The molecule has 1 atom stereocenters. The fourth-order valence-electron chi connectivity index (χ4n) is 2.21. The summed E-state index contributed by atoms with van der Waals surface area (Å²) >= 11 is 1.25. The van der Waals surface area contributed by atoms with Gasteiger partial charge in [-0.05, 0) is 19.1 Å². The Hall–Kier alpha value is -2.48. The Morgan fingerprint density at radius 3 is 3.05 bits per heavy atom. The summed E-state index contributed by atoms with van der Waals surface area (Å²) in [5.41, 5.74) is 2.23. The molecule has 1 aromatic carbocycles. The van der Waals surface area contributed by atoms with E-state index in [-0.39, 0.29) is 24.8 Å². The molecule has 0 radical (unpaired) electrons. The van der Waals surface area contributed by atoms with Gasteiger partial charge in [0.1, 0.15) is 11.3 Å². The van der Waals surface area contributed by atoms with Gasteiger partial charge in [0.05, 0.1) is 5.69 Å². The quantitative estimate of drug-likeness (QED) is 0.927. The number of rotatable bonds is 4. The molecule has 0 unspecified atom stereocenters. The minimum Gasteiger partial charge on any atom is -0.479 e. The number of para-hydroxylation sites is 2. The van der Waals surface area contributed by atoms with E-state index in [4.69, 9.17) is 4.74 Å². The molecule has 1 aliphatic rings. The molecule has 0 fully saturated rings. The number of hydrogen-bond donors (Lipinski definition) is 1. The predicted octanol–water partition coefficient (Wildman–Crippen LogP) is 1.68. The molecule has 1 aliphatic heterocycles. The Labute approximate surface area is 130 Å². The largest absolute Gasteiger partial charge is 0.479 e. The van der Waals surface area contributed by atoms with Crippen molar-refractivity contribution in [2.45, 2.75) is 19.4 Å². The van der Waals surface area contributed by atoms with Crippen LogP contribution in [-0.4, -0.2) is 34.7 Å². The molecular weight excluding hydrogens is 304 g/mol. The number of nitrogens with zero attached hydrogens (tertiary/aromatic N) is 3. The Bertz CT molecular complexity index is 689. The van der Waals surface area contributed by atoms with Gasteiger partial charge in [-0.15, -0.1) is 10.2 Å². The van der Waals surface area contributed by atoms with Crippen molar-refractivity contribution in [3.05, 3.63) is 29.8 Å². The van der Waals surface area contributed by atoms with E-state index in [1.54, 1.807) is 17.3 Å². The maximum atomic E-state index is 12.3. The van der Waals surface area contributed by atoms with Crippen LogP contribution in [0.25, 0.3) is 0 Å². The van der Waals surface area contributed by atoms with Gasteiger partial charge < -0.3 is 15.0 Å². The molecule has 7 nitrogen and oxygen atoms in total. The van der Waals surface area contributed by atoms with Crippen molar-refractivity contribution in [3.8, 4) is 5.75 Å². The highest BCUT2D eigenvalue weighted by molar-refractivity contribution is 7.13. The van der Waals surface area contributed by atoms with Gasteiger partial charge >= 0.3 is 0 Å². The summed E-state index contributed by atoms with van der Waals surface area (Å²) in [6.45, 7) is 1.99. The molecule has 2 heterocycles. The molecule has 8 heteroatoms. The first kappa shape index (κ1) is 14.5. The van der Waals surface area contributed by atoms with Gasteiger partial charge in [-0.3, -0.25) is 9.59 Å². The molecule has 22 heavy (non-hydrogen) atoms. The van der Waals surface area contributed by atoms with E-state index in [0.29, 0.717) is 16.6 Å². The summed E-state index contributed by atoms with van der Waals surface area (Å²) in [7, 11) is 0. The van der Waals surface area contributed by atoms with Crippen molar-refractivity contribution in [1.82, 2.24) is 10.2 Å². The molecule has 0 aliphatic carbocycles. The van der Waals surface area contributed by atoms with Crippen LogP contribution in [0.4, 0.5) is 10.8 Å². The average molecular weight is 318 g/mol. The van der Waals surface area contributed by atoms with E-state index >= 15 is 0 Å². The second-order valence-corrected chi connectivity index (χ2v) is 5.59. The van der Waals surface area contributed by atoms with Crippen LogP contribution < -0.4 is 15.0 Å². The summed E-state index contributed by atoms with van der Waals surface area (Å²) in [6.07, 6.45) is -0.382. The van der Waals surface area contributed by atoms with Gasteiger partial charge in [0, 0.05) is 13.0 Å². The van der Waals surface area contributed by atoms with Gasteiger partial charge in [0.2, 0.25) is 11.0 Å². The van der Waals surface area contributed by atoms with E-state index in [1.807, 2.05) is 24.3 Å². The highest BCUT2D eigenvalue weighted by Crippen LogP contribution is 2.33. The molecule has 0 saturated carbocycles. The first-order valence-electron chi connectivity index (χ1n) is 6.78. The zero-order valence-electron chi connectivity index (χ0n) is 11.9. The Balaban J connectivity index is 1.68. The lowest BCUT2D eigenvalue weighted by Gasteiger charge is -2.32. The maximum Gasteiger partial charge on any atom is 0.267 e. The summed E-state index contributed by atoms with van der Waals surface area (Å²) in [6, 6.07) is 7.30. The lowest BCUT2D eigenvalue weighted by Crippen LogP contribution is -2.45. The number of hydrogen-bond acceptors (Lipinski definition) is 6. The topological polar surface area (TPSA) is 84.4 Å². The number of fused-ring (bicyclic) bond motifs is 1. The number of carbonyl (C=O) groups excluding carboxylic acids is 2. The molecule has 2 amide bonds. The normalized spacial score (nSPS) is 16.9. The third-order valence-corrected chi connectivity index (χ3v) is 3.85. The third kappa shape index (κ3) is 2.91. The molecule has 0 saturated heterocycles. The molecular formula is C14H14N4O3S. The van der Waals surface area contributed by atoms with Crippen LogP contribution in [0.15, 0.2) is 29.8 Å². The van der Waals surface area contributed by atoms with Crippen molar-refractivity contribution in [1.29, 1.82) is 0 Å². The highest BCUT2D eigenvalue weighted by Gasteiger charge is 2.31. The van der Waals surface area contributed by atoms with Gasteiger partial charge in [-0.2, -0.15) is 0 Å². The predicted molar refractivity (Wildman–Crippen MR) is 82.0 cm³/mol. The number of benzene rings is 1. The zero-order valence-corrected chi connectivity index (χ0v) is 12.7. The first-order valence-corrected chi connectivity index (χ1v) is 7.66.